The maximum Gasteiger partial charge on any atom is 0.266 e. The summed E-state index contributed by atoms with van der Waals surface area (Å²) in [6, 6.07) is 39.8. The van der Waals surface area contributed by atoms with Gasteiger partial charge in [0.05, 0.1) is 22.3 Å². The molecule has 0 fully saturated rings. The first-order chi connectivity index (χ1) is 23.0. The van der Waals surface area contributed by atoms with Crippen LogP contribution in [0.4, 0.5) is 0 Å². The van der Waals surface area contributed by atoms with Gasteiger partial charge in [0.25, 0.3) is 11.1 Å². The summed E-state index contributed by atoms with van der Waals surface area (Å²) >= 11 is 7.59. The van der Waals surface area contributed by atoms with Crippen molar-refractivity contribution in [1.82, 2.24) is 24.3 Å². The molecule has 9 heteroatoms. The molecule has 0 unspecified atom stereocenters. The Labute approximate surface area is 277 Å². The normalized spacial score (nSPS) is 11.4. The van der Waals surface area contributed by atoms with Crippen molar-refractivity contribution < 1.29 is 0 Å². The monoisotopic (exact) mass is 649 g/mol. The summed E-state index contributed by atoms with van der Waals surface area (Å²) in [6.07, 6.45) is 0. The lowest BCUT2D eigenvalue weighted by Gasteiger charge is -2.20. The average Bonchev–Trinajstić information content (AvgIpc) is 3.54. The Kier molecular flexibility index (Phi) is 7.09. The van der Waals surface area contributed by atoms with Gasteiger partial charge in [0.1, 0.15) is 10.8 Å². The molecule has 0 radical (unpaired) electrons. The van der Waals surface area contributed by atoms with Gasteiger partial charge >= 0.3 is 0 Å². The van der Waals surface area contributed by atoms with E-state index in [1.54, 1.807) is 39.5 Å². The zero-order chi connectivity index (χ0) is 32.1. The van der Waals surface area contributed by atoms with E-state index >= 15 is 0 Å². The molecule has 0 N–H and O–H groups in total. The number of rotatable bonds is 5. The summed E-state index contributed by atoms with van der Waals surface area (Å²) in [4.78, 5) is 33.8. The molecule has 0 spiro atoms. The highest BCUT2D eigenvalue weighted by Crippen LogP contribution is 2.39. The molecule has 0 aliphatic rings. The molecule has 0 aliphatic carbocycles. The van der Waals surface area contributed by atoms with E-state index in [-0.39, 0.29) is 11.1 Å². The highest BCUT2D eigenvalue weighted by molar-refractivity contribution is 7.13. The standard InChI is InChI=1S/C38H24ClN5O2S/c1-23-41-42-38(47-23)44-34(25-12-6-3-7-13-25)33(24-10-4-2-5-11-24)31-22-28(20-21-29(31)36(44)45)43-35(26-16-18-27(39)19-17-26)40-32-15-9-8-14-30(32)37(43)46/h2-22H,1H3. The van der Waals surface area contributed by atoms with Crippen LogP contribution in [0.1, 0.15) is 5.01 Å². The van der Waals surface area contributed by atoms with Gasteiger partial charge in [0.15, 0.2) is 0 Å². The minimum atomic E-state index is -0.233. The Balaban J connectivity index is 1.52. The Morgan fingerprint density at radius 2 is 1.28 bits per heavy atom. The first-order valence-electron chi connectivity index (χ1n) is 14.9. The summed E-state index contributed by atoms with van der Waals surface area (Å²) < 4.78 is 3.27. The molecule has 5 aromatic carbocycles. The van der Waals surface area contributed by atoms with Gasteiger partial charge in [-0.25, -0.2) is 9.55 Å². The number of aromatic nitrogens is 5. The van der Waals surface area contributed by atoms with E-state index < -0.39 is 0 Å². The smallest absolute Gasteiger partial charge is 0.266 e. The maximum atomic E-state index is 14.5. The molecule has 3 heterocycles. The number of pyridine rings is 1. The Hall–Kier alpha value is -5.70. The first kappa shape index (κ1) is 28.8. The van der Waals surface area contributed by atoms with Gasteiger partial charge in [-0.1, -0.05) is 95.7 Å². The number of hydrogen-bond acceptors (Lipinski definition) is 6. The van der Waals surface area contributed by atoms with Crippen LogP contribution in [0.2, 0.25) is 5.02 Å². The molecule has 8 aromatic rings. The number of aryl methyl sites for hydroxylation is 1. The van der Waals surface area contributed by atoms with Crippen molar-refractivity contribution in [1.29, 1.82) is 0 Å². The van der Waals surface area contributed by atoms with E-state index in [2.05, 4.69) is 10.2 Å². The molecule has 8 rings (SSSR count). The van der Waals surface area contributed by atoms with Crippen molar-refractivity contribution in [3.63, 3.8) is 0 Å². The molecule has 0 aliphatic heterocycles. The van der Waals surface area contributed by atoms with Crippen molar-refractivity contribution in [2.75, 3.05) is 0 Å². The molecule has 0 saturated heterocycles. The summed E-state index contributed by atoms with van der Waals surface area (Å²) in [7, 11) is 0. The SMILES string of the molecule is Cc1nnc(-n2c(-c3ccccc3)c(-c3ccccc3)c3cc(-n4c(-c5ccc(Cl)cc5)nc5ccccc5c4=O)ccc3c2=O)s1. The van der Waals surface area contributed by atoms with Gasteiger partial charge in [-0.3, -0.25) is 14.2 Å². The third kappa shape index (κ3) is 4.95. The van der Waals surface area contributed by atoms with Crippen LogP contribution < -0.4 is 11.1 Å². The minimum Gasteiger partial charge on any atom is -0.268 e. The number of nitrogens with zero attached hydrogens (tertiary/aromatic N) is 5. The van der Waals surface area contributed by atoms with Gasteiger partial charge in [0.2, 0.25) is 5.13 Å². The van der Waals surface area contributed by atoms with Gasteiger partial charge < -0.3 is 0 Å². The summed E-state index contributed by atoms with van der Waals surface area (Å²) in [5, 5.41) is 12.1. The first-order valence-corrected chi connectivity index (χ1v) is 16.1. The van der Waals surface area contributed by atoms with Crippen LogP contribution in [-0.4, -0.2) is 24.3 Å². The number of hydrogen-bond donors (Lipinski definition) is 0. The zero-order valence-corrected chi connectivity index (χ0v) is 26.5. The van der Waals surface area contributed by atoms with Gasteiger partial charge in [-0.15, -0.1) is 10.2 Å². The van der Waals surface area contributed by atoms with Crippen LogP contribution in [0.25, 0.3) is 66.3 Å². The summed E-state index contributed by atoms with van der Waals surface area (Å²) in [6.45, 7) is 1.87. The molecule has 226 valence electrons. The second kappa shape index (κ2) is 11.6. The van der Waals surface area contributed by atoms with Crippen molar-refractivity contribution in [2.24, 2.45) is 0 Å². The summed E-state index contributed by atoms with van der Waals surface area (Å²) in [5.74, 6) is 0.465. The number of fused-ring (bicyclic) bond motifs is 2. The fourth-order valence-electron chi connectivity index (χ4n) is 6.02. The van der Waals surface area contributed by atoms with Gasteiger partial charge in [-0.05, 0) is 78.0 Å². The lowest BCUT2D eigenvalue weighted by molar-refractivity contribution is 0.934. The summed E-state index contributed by atoms with van der Waals surface area (Å²) in [5.41, 5.74) is 4.70. The van der Waals surface area contributed by atoms with E-state index in [4.69, 9.17) is 16.6 Å². The molecule has 0 amide bonds. The van der Waals surface area contributed by atoms with Crippen LogP contribution >= 0.6 is 22.9 Å². The molecular weight excluding hydrogens is 626 g/mol. The number of para-hydroxylation sites is 1. The molecule has 0 saturated carbocycles. The van der Waals surface area contributed by atoms with Crippen LogP contribution in [-0.2, 0) is 0 Å². The Morgan fingerprint density at radius 3 is 1.98 bits per heavy atom. The zero-order valence-electron chi connectivity index (χ0n) is 25.0. The van der Waals surface area contributed by atoms with Crippen LogP contribution in [0, 0.1) is 6.92 Å². The van der Waals surface area contributed by atoms with Crippen molar-refractivity contribution in [2.45, 2.75) is 6.92 Å². The second-order valence-corrected chi connectivity index (χ2v) is 12.6. The molecular formula is C38H24ClN5O2S. The molecule has 0 bridgehead atoms. The molecule has 3 aromatic heterocycles. The number of benzene rings is 5. The third-order valence-corrected chi connectivity index (χ3v) is 9.19. The predicted octanol–water partition coefficient (Wildman–Crippen LogP) is 8.50. The highest BCUT2D eigenvalue weighted by atomic mass is 35.5. The topological polar surface area (TPSA) is 82.7 Å². The fourth-order valence-corrected chi connectivity index (χ4v) is 6.84. The van der Waals surface area contributed by atoms with Crippen molar-refractivity contribution in [3.8, 4) is 44.6 Å². The Bertz CT molecular complexity index is 2580. The van der Waals surface area contributed by atoms with E-state index in [9.17, 15) is 9.59 Å². The van der Waals surface area contributed by atoms with Crippen LogP contribution in [0.15, 0.2) is 137 Å². The van der Waals surface area contributed by atoms with E-state index in [1.165, 1.54) is 11.3 Å². The Morgan fingerprint density at radius 1 is 0.617 bits per heavy atom. The largest absolute Gasteiger partial charge is 0.268 e. The van der Waals surface area contributed by atoms with E-state index in [0.29, 0.717) is 49.0 Å². The second-order valence-electron chi connectivity index (χ2n) is 11.0. The minimum absolute atomic E-state index is 0.220. The lowest BCUT2D eigenvalue weighted by atomic mass is 9.93. The van der Waals surface area contributed by atoms with Crippen molar-refractivity contribution in [3.05, 3.63) is 158 Å². The molecule has 0 atom stereocenters. The average molecular weight is 650 g/mol. The lowest BCUT2D eigenvalue weighted by Crippen LogP contribution is -2.23. The number of halogens is 1. The molecule has 7 nitrogen and oxygen atoms in total. The van der Waals surface area contributed by atoms with E-state index in [1.807, 2.05) is 104 Å². The predicted molar refractivity (Wildman–Crippen MR) is 190 cm³/mol. The fraction of sp³-hybridized carbons (Fsp3) is 0.0263. The molecule has 47 heavy (non-hydrogen) atoms. The highest BCUT2D eigenvalue weighted by Gasteiger charge is 2.24. The van der Waals surface area contributed by atoms with Gasteiger partial charge in [-0.2, -0.15) is 0 Å². The van der Waals surface area contributed by atoms with Gasteiger partial charge in [0, 0.05) is 21.5 Å². The van der Waals surface area contributed by atoms with Crippen LogP contribution in [0.5, 0.6) is 0 Å². The maximum absolute atomic E-state index is 14.5. The van der Waals surface area contributed by atoms with Crippen LogP contribution in [0.3, 0.4) is 0 Å². The van der Waals surface area contributed by atoms with E-state index in [0.717, 1.165) is 27.3 Å². The third-order valence-electron chi connectivity index (χ3n) is 8.12. The van der Waals surface area contributed by atoms with Crippen molar-refractivity contribution >= 4 is 44.6 Å². The quantitative estimate of drug-likeness (QED) is 0.187.